The van der Waals surface area contributed by atoms with Crippen molar-refractivity contribution in [2.45, 2.75) is 31.9 Å². The van der Waals surface area contributed by atoms with Gasteiger partial charge in [-0.1, -0.05) is 17.8 Å². The summed E-state index contributed by atoms with van der Waals surface area (Å²) < 4.78 is 10.5. The first-order chi connectivity index (χ1) is 13.0. The second-order valence-electron chi connectivity index (χ2n) is 5.94. The number of nitrogens with zero attached hydrogens (tertiary/aromatic N) is 2. The number of hydrogen-bond acceptors (Lipinski definition) is 6. The average Bonchev–Trinajstić information content (AvgIpc) is 2.67. The molecule has 1 fully saturated rings. The highest BCUT2D eigenvalue weighted by molar-refractivity contribution is 8.15. The predicted octanol–water partition coefficient (Wildman–Crippen LogP) is 2.09. The van der Waals surface area contributed by atoms with Crippen molar-refractivity contribution in [1.82, 2.24) is 10.2 Å². The standard InChI is InChI=1S/C19H27N3O4S/c1-5-20-19-22(6-2)17(23)12-16(27-19)18(24)21-10-9-13-7-8-14(25-3)15(11-13)26-4/h7-8,11,16H,5-6,9-10,12H2,1-4H3,(H,21,24). The number of ether oxygens (including phenoxy) is 2. The molecule has 0 aliphatic carbocycles. The lowest BCUT2D eigenvalue weighted by molar-refractivity contribution is -0.130. The van der Waals surface area contributed by atoms with Gasteiger partial charge in [0.05, 0.1) is 19.5 Å². The van der Waals surface area contributed by atoms with E-state index in [1.807, 2.05) is 32.0 Å². The van der Waals surface area contributed by atoms with E-state index in [0.717, 1.165) is 5.56 Å². The number of benzene rings is 1. The van der Waals surface area contributed by atoms with Gasteiger partial charge in [-0.05, 0) is 38.0 Å². The van der Waals surface area contributed by atoms with Crippen LogP contribution in [-0.2, 0) is 16.0 Å². The van der Waals surface area contributed by atoms with Crippen LogP contribution in [0, 0.1) is 0 Å². The van der Waals surface area contributed by atoms with Crippen molar-refractivity contribution >= 4 is 28.7 Å². The normalized spacial score (nSPS) is 18.5. The van der Waals surface area contributed by atoms with Crippen molar-refractivity contribution in [3.63, 3.8) is 0 Å². The number of thioether (sulfide) groups is 1. The van der Waals surface area contributed by atoms with Crippen LogP contribution >= 0.6 is 11.8 Å². The maximum absolute atomic E-state index is 12.5. The minimum absolute atomic E-state index is 0.0523. The third-order valence-electron chi connectivity index (χ3n) is 4.20. The van der Waals surface area contributed by atoms with Gasteiger partial charge in [-0.2, -0.15) is 0 Å². The number of nitrogens with one attached hydrogen (secondary N) is 1. The molecule has 0 spiro atoms. The molecule has 7 nitrogen and oxygen atoms in total. The molecule has 1 unspecified atom stereocenters. The maximum Gasteiger partial charge on any atom is 0.234 e. The zero-order chi connectivity index (χ0) is 19.8. The Morgan fingerprint density at radius 1 is 1.30 bits per heavy atom. The Balaban J connectivity index is 1.92. The van der Waals surface area contributed by atoms with E-state index in [1.165, 1.54) is 11.8 Å². The van der Waals surface area contributed by atoms with Crippen LogP contribution in [-0.4, -0.2) is 61.0 Å². The van der Waals surface area contributed by atoms with Crippen LogP contribution in [0.25, 0.3) is 0 Å². The molecule has 0 bridgehead atoms. The van der Waals surface area contributed by atoms with Crippen molar-refractivity contribution in [3.05, 3.63) is 23.8 Å². The number of carbonyl (C=O) groups excluding carboxylic acids is 2. The predicted molar refractivity (Wildman–Crippen MR) is 108 cm³/mol. The quantitative estimate of drug-likeness (QED) is 0.732. The summed E-state index contributed by atoms with van der Waals surface area (Å²) in [6.45, 7) is 5.46. The van der Waals surface area contributed by atoms with Gasteiger partial charge in [0, 0.05) is 26.1 Å². The van der Waals surface area contributed by atoms with Crippen molar-refractivity contribution < 1.29 is 19.1 Å². The molecule has 0 radical (unpaired) electrons. The first kappa shape index (κ1) is 21.1. The highest BCUT2D eigenvalue weighted by Gasteiger charge is 2.34. The Morgan fingerprint density at radius 3 is 2.67 bits per heavy atom. The molecule has 1 aliphatic rings. The highest BCUT2D eigenvalue weighted by Crippen LogP contribution is 2.28. The van der Waals surface area contributed by atoms with Crippen molar-refractivity contribution in [2.24, 2.45) is 4.99 Å². The molecule has 0 aromatic heterocycles. The van der Waals surface area contributed by atoms with Crippen LogP contribution in [0.15, 0.2) is 23.2 Å². The number of hydrogen-bond donors (Lipinski definition) is 1. The maximum atomic E-state index is 12.5. The lowest BCUT2D eigenvalue weighted by atomic mass is 10.1. The lowest BCUT2D eigenvalue weighted by Gasteiger charge is -2.30. The van der Waals surface area contributed by atoms with Crippen LogP contribution in [0.2, 0.25) is 0 Å². The number of rotatable bonds is 8. The molecule has 2 amide bonds. The molecule has 27 heavy (non-hydrogen) atoms. The monoisotopic (exact) mass is 393 g/mol. The molecule has 2 rings (SSSR count). The lowest BCUT2D eigenvalue weighted by Crippen LogP contribution is -2.47. The summed E-state index contributed by atoms with van der Waals surface area (Å²) in [6, 6.07) is 5.69. The van der Waals surface area contributed by atoms with E-state index >= 15 is 0 Å². The van der Waals surface area contributed by atoms with E-state index in [1.54, 1.807) is 19.1 Å². The van der Waals surface area contributed by atoms with Crippen molar-refractivity contribution in [2.75, 3.05) is 33.9 Å². The number of aliphatic imine (C=N–C) groups is 1. The van der Waals surface area contributed by atoms with Gasteiger partial charge in [-0.3, -0.25) is 19.5 Å². The van der Waals surface area contributed by atoms with Gasteiger partial charge in [-0.25, -0.2) is 0 Å². The van der Waals surface area contributed by atoms with E-state index in [4.69, 9.17) is 9.47 Å². The number of methoxy groups -OCH3 is 2. The summed E-state index contributed by atoms with van der Waals surface area (Å²) in [5.41, 5.74) is 1.03. The molecule has 148 valence electrons. The molecule has 1 saturated heterocycles. The van der Waals surface area contributed by atoms with Crippen molar-refractivity contribution in [3.8, 4) is 11.5 Å². The summed E-state index contributed by atoms with van der Waals surface area (Å²) in [5.74, 6) is 1.15. The van der Waals surface area contributed by atoms with E-state index in [2.05, 4.69) is 10.3 Å². The second-order valence-corrected chi connectivity index (χ2v) is 7.11. The second kappa shape index (κ2) is 10.2. The zero-order valence-corrected chi connectivity index (χ0v) is 17.1. The molecule has 1 atom stereocenters. The third kappa shape index (κ3) is 5.38. The molecule has 1 heterocycles. The van der Waals surface area contributed by atoms with Gasteiger partial charge in [0.15, 0.2) is 16.7 Å². The minimum Gasteiger partial charge on any atom is -0.493 e. The Labute approximate surface area is 164 Å². The van der Waals surface area contributed by atoms with E-state index in [0.29, 0.717) is 42.7 Å². The summed E-state index contributed by atoms with van der Waals surface area (Å²) in [7, 11) is 3.19. The van der Waals surface area contributed by atoms with Gasteiger partial charge < -0.3 is 14.8 Å². The first-order valence-corrected chi connectivity index (χ1v) is 9.92. The molecular formula is C19H27N3O4S. The van der Waals surface area contributed by atoms with E-state index in [9.17, 15) is 9.59 Å². The molecule has 1 aromatic rings. The number of amidine groups is 1. The Kier molecular flexibility index (Phi) is 7.97. The smallest absolute Gasteiger partial charge is 0.234 e. The molecule has 8 heteroatoms. The summed E-state index contributed by atoms with van der Waals surface area (Å²) in [6.07, 6.45) is 0.859. The largest absolute Gasteiger partial charge is 0.493 e. The fourth-order valence-electron chi connectivity index (χ4n) is 2.80. The fraction of sp³-hybridized carbons (Fsp3) is 0.526. The number of amides is 2. The number of carbonyl (C=O) groups is 2. The minimum atomic E-state index is -0.434. The van der Waals surface area contributed by atoms with Crippen LogP contribution in [0.5, 0.6) is 11.5 Å². The Hall–Kier alpha value is -2.22. The van der Waals surface area contributed by atoms with E-state index < -0.39 is 5.25 Å². The third-order valence-corrected chi connectivity index (χ3v) is 5.43. The summed E-state index contributed by atoms with van der Waals surface area (Å²) in [5, 5.41) is 3.13. The van der Waals surface area contributed by atoms with Gasteiger partial charge in [0.25, 0.3) is 0 Å². The molecule has 1 N–H and O–H groups in total. The topological polar surface area (TPSA) is 80.2 Å². The van der Waals surface area contributed by atoms with Gasteiger partial charge in [0.2, 0.25) is 11.8 Å². The summed E-state index contributed by atoms with van der Waals surface area (Å²) in [4.78, 5) is 30.8. The van der Waals surface area contributed by atoms with Crippen LogP contribution in [0.1, 0.15) is 25.8 Å². The first-order valence-electron chi connectivity index (χ1n) is 9.04. The van der Waals surface area contributed by atoms with Crippen molar-refractivity contribution in [1.29, 1.82) is 0 Å². The van der Waals surface area contributed by atoms with Crippen LogP contribution in [0.3, 0.4) is 0 Å². The molecule has 1 aliphatic heterocycles. The Morgan fingerprint density at radius 2 is 2.04 bits per heavy atom. The van der Waals surface area contributed by atoms with Gasteiger partial charge in [0.1, 0.15) is 0 Å². The fourth-order valence-corrected chi connectivity index (χ4v) is 4.04. The van der Waals surface area contributed by atoms with Gasteiger partial charge >= 0.3 is 0 Å². The molecule has 1 aromatic carbocycles. The van der Waals surface area contributed by atoms with Gasteiger partial charge in [-0.15, -0.1) is 0 Å². The molecule has 0 saturated carbocycles. The zero-order valence-electron chi connectivity index (χ0n) is 16.3. The van der Waals surface area contributed by atoms with E-state index in [-0.39, 0.29) is 18.2 Å². The van der Waals surface area contributed by atoms with Crippen LogP contribution in [0.4, 0.5) is 0 Å². The highest BCUT2D eigenvalue weighted by atomic mass is 32.2. The summed E-state index contributed by atoms with van der Waals surface area (Å²) >= 11 is 1.36. The Bertz CT molecular complexity index is 708. The molecular weight excluding hydrogens is 366 g/mol. The SMILES string of the molecule is CCN=C1SC(C(=O)NCCc2ccc(OC)c(OC)c2)CC(=O)N1CC. The average molecular weight is 394 g/mol. The van der Waals surface area contributed by atoms with Crippen LogP contribution < -0.4 is 14.8 Å².